The van der Waals surface area contributed by atoms with E-state index >= 15 is 0 Å². The fourth-order valence-electron chi connectivity index (χ4n) is 1.61. The van der Waals surface area contributed by atoms with Crippen molar-refractivity contribution in [3.8, 4) is 5.75 Å². The number of hydrogen-bond donors (Lipinski definition) is 2. The number of hydrogen-bond acceptors (Lipinski definition) is 3. The molecular weight excluding hydrogens is 226 g/mol. The number of aryl methyl sites for hydroxylation is 1. The molecule has 1 aliphatic carbocycles. The van der Waals surface area contributed by atoms with Crippen LogP contribution < -0.4 is 10.5 Å². The zero-order valence-electron chi connectivity index (χ0n) is 9.24. The molecule has 0 bridgehead atoms. The summed E-state index contributed by atoms with van der Waals surface area (Å²) in [5.74, 6) is 0.635. The molecule has 3 N–H and O–H groups in total. The van der Waals surface area contributed by atoms with Gasteiger partial charge in [0.1, 0.15) is 5.75 Å². The molecule has 0 radical (unpaired) electrons. The van der Waals surface area contributed by atoms with Gasteiger partial charge in [-0.05, 0) is 31.4 Å². The molecule has 0 amide bonds. The number of aliphatic hydroxyl groups excluding tert-OH is 1. The Morgan fingerprint density at radius 3 is 2.81 bits per heavy atom. The summed E-state index contributed by atoms with van der Waals surface area (Å²) >= 11 is 6.15. The number of benzene rings is 1. The van der Waals surface area contributed by atoms with Crippen LogP contribution in [-0.2, 0) is 0 Å². The molecule has 4 heteroatoms. The highest BCUT2D eigenvalue weighted by molar-refractivity contribution is 6.32. The first-order chi connectivity index (χ1) is 7.61. The second kappa shape index (κ2) is 4.62. The quantitative estimate of drug-likeness (QED) is 0.850. The number of ether oxygens (including phenoxy) is 1. The number of rotatable bonds is 4. The molecule has 1 aliphatic rings. The van der Waals surface area contributed by atoms with Crippen LogP contribution in [0.3, 0.4) is 0 Å². The van der Waals surface area contributed by atoms with E-state index in [1.807, 2.05) is 19.1 Å². The first kappa shape index (κ1) is 11.7. The topological polar surface area (TPSA) is 55.5 Å². The molecule has 0 aliphatic heterocycles. The van der Waals surface area contributed by atoms with Gasteiger partial charge in [-0.25, -0.2) is 0 Å². The van der Waals surface area contributed by atoms with Gasteiger partial charge in [0.2, 0.25) is 0 Å². The second-order valence-corrected chi connectivity index (χ2v) is 4.68. The van der Waals surface area contributed by atoms with Gasteiger partial charge in [-0.3, -0.25) is 0 Å². The van der Waals surface area contributed by atoms with Crippen molar-refractivity contribution in [1.82, 2.24) is 0 Å². The lowest BCUT2D eigenvalue weighted by Gasteiger charge is -2.17. The van der Waals surface area contributed by atoms with E-state index in [1.54, 1.807) is 0 Å². The molecule has 2 rings (SSSR count). The molecule has 1 fully saturated rings. The van der Waals surface area contributed by atoms with Gasteiger partial charge in [0.25, 0.3) is 0 Å². The fraction of sp³-hybridized carbons (Fsp3) is 0.500. The minimum Gasteiger partial charge on any atom is -0.489 e. The monoisotopic (exact) mass is 241 g/mol. The van der Waals surface area contributed by atoms with Gasteiger partial charge >= 0.3 is 0 Å². The Balaban J connectivity index is 2.36. The van der Waals surface area contributed by atoms with E-state index in [2.05, 4.69) is 0 Å². The van der Waals surface area contributed by atoms with E-state index in [-0.39, 0.29) is 12.7 Å². The van der Waals surface area contributed by atoms with Crippen molar-refractivity contribution in [2.75, 3.05) is 6.61 Å². The maximum Gasteiger partial charge on any atom is 0.143 e. The molecule has 0 heterocycles. The van der Waals surface area contributed by atoms with Gasteiger partial charge in [-0.1, -0.05) is 17.7 Å². The Kier molecular flexibility index (Phi) is 3.38. The molecule has 88 valence electrons. The average molecular weight is 242 g/mol. The highest BCUT2D eigenvalue weighted by Crippen LogP contribution is 2.37. The van der Waals surface area contributed by atoms with E-state index in [9.17, 15) is 0 Å². The molecule has 1 aromatic carbocycles. The highest BCUT2D eigenvalue weighted by Gasteiger charge is 2.27. The molecule has 3 nitrogen and oxygen atoms in total. The Hall–Kier alpha value is -0.770. The number of aliphatic hydroxyl groups is 1. The Labute approximate surface area is 100 Å². The zero-order chi connectivity index (χ0) is 11.7. The van der Waals surface area contributed by atoms with Gasteiger partial charge < -0.3 is 15.6 Å². The third-order valence-corrected chi connectivity index (χ3v) is 2.90. The van der Waals surface area contributed by atoms with Crippen LogP contribution in [0, 0.1) is 6.92 Å². The van der Waals surface area contributed by atoms with Crippen molar-refractivity contribution >= 4 is 11.6 Å². The summed E-state index contributed by atoms with van der Waals surface area (Å²) in [5.41, 5.74) is 7.65. The molecule has 16 heavy (non-hydrogen) atoms. The van der Waals surface area contributed by atoms with E-state index in [4.69, 9.17) is 27.2 Å². The standard InChI is InChI=1S/C12H16ClNO2/c1-7-4-9(11(14)6-15)12(10(13)5-7)16-8-2-3-8/h4-5,8,11,15H,2-3,6,14H2,1H3. The fourth-order valence-corrected chi connectivity index (χ4v) is 1.93. The summed E-state index contributed by atoms with van der Waals surface area (Å²) in [5, 5.41) is 9.70. The first-order valence-corrected chi connectivity index (χ1v) is 5.82. The molecule has 1 saturated carbocycles. The van der Waals surface area contributed by atoms with Crippen LogP contribution in [0.4, 0.5) is 0 Å². The van der Waals surface area contributed by atoms with Gasteiger partial charge in [-0.2, -0.15) is 0 Å². The summed E-state index contributed by atoms with van der Waals surface area (Å²) in [6, 6.07) is 3.34. The van der Waals surface area contributed by atoms with Crippen LogP contribution in [0.2, 0.25) is 5.02 Å². The number of nitrogens with two attached hydrogens (primary N) is 1. The maximum absolute atomic E-state index is 9.12. The molecule has 0 aromatic heterocycles. The van der Waals surface area contributed by atoms with Crippen molar-refractivity contribution in [3.05, 3.63) is 28.3 Å². The largest absolute Gasteiger partial charge is 0.489 e. The van der Waals surface area contributed by atoms with E-state index in [1.165, 1.54) is 0 Å². The van der Waals surface area contributed by atoms with Crippen LogP contribution in [0.1, 0.15) is 30.0 Å². The third kappa shape index (κ3) is 2.48. The summed E-state index contributed by atoms with van der Waals surface area (Å²) in [6.07, 6.45) is 2.40. The molecule has 1 aromatic rings. The van der Waals surface area contributed by atoms with Crippen LogP contribution in [0.5, 0.6) is 5.75 Å². The summed E-state index contributed by atoms with van der Waals surface area (Å²) in [4.78, 5) is 0. The molecule has 0 saturated heterocycles. The molecule has 1 unspecified atom stereocenters. The van der Waals surface area contributed by atoms with Crippen molar-refractivity contribution in [3.63, 3.8) is 0 Å². The maximum atomic E-state index is 9.12. The minimum absolute atomic E-state index is 0.110. The predicted octanol–water partition coefficient (Wildman–Crippen LogP) is 2.18. The predicted molar refractivity (Wildman–Crippen MR) is 63.9 cm³/mol. The van der Waals surface area contributed by atoms with E-state index in [0.29, 0.717) is 10.8 Å². The Morgan fingerprint density at radius 2 is 2.25 bits per heavy atom. The average Bonchev–Trinajstić information content (AvgIpc) is 3.04. The Morgan fingerprint density at radius 1 is 1.56 bits per heavy atom. The van der Waals surface area contributed by atoms with E-state index < -0.39 is 6.04 Å². The lowest BCUT2D eigenvalue weighted by Crippen LogP contribution is -2.16. The zero-order valence-corrected chi connectivity index (χ0v) is 10.00. The van der Waals surface area contributed by atoms with Crippen molar-refractivity contribution in [1.29, 1.82) is 0 Å². The highest BCUT2D eigenvalue weighted by atomic mass is 35.5. The summed E-state index contributed by atoms with van der Waals surface area (Å²) < 4.78 is 5.74. The van der Waals surface area contributed by atoms with Gasteiger partial charge in [0.05, 0.1) is 23.8 Å². The SMILES string of the molecule is Cc1cc(Cl)c(OC2CC2)c(C(N)CO)c1. The second-order valence-electron chi connectivity index (χ2n) is 4.27. The molecule has 1 atom stereocenters. The van der Waals surface area contributed by atoms with Crippen LogP contribution >= 0.6 is 11.6 Å². The van der Waals surface area contributed by atoms with Crippen molar-refractivity contribution in [2.45, 2.75) is 31.9 Å². The number of halogens is 1. The van der Waals surface area contributed by atoms with Crippen molar-refractivity contribution < 1.29 is 9.84 Å². The van der Waals surface area contributed by atoms with Crippen molar-refractivity contribution in [2.24, 2.45) is 5.73 Å². The van der Waals surface area contributed by atoms with Crippen LogP contribution in [0.15, 0.2) is 12.1 Å². The lowest BCUT2D eigenvalue weighted by atomic mass is 10.0. The summed E-state index contributed by atoms with van der Waals surface area (Å²) in [6.45, 7) is 1.83. The smallest absolute Gasteiger partial charge is 0.143 e. The molecular formula is C12H16ClNO2. The van der Waals surface area contributed by atoms with Crippen LogP contribution in [-0.4, -0.2) is 17.8 Å². The first-order valence-electron chi connectivity index (χ1n) is 5.45. The van der Waals surface area contributed by atoms with Gasteiger partial charge in [0.15, 0.2) is 0 Å². The normalized spacial score (nSPS) is 17.2. The third-order valence-electron chi connectivity index (χ3n) is 2.62. The van der Waals surface area contributed by atoms with E-state index in [0.717, 1.165) is 24.0 Å². The van der Waals surface area contributed by atoms with Gasteiger partial charge in [0, 0.05) is 5.56 Å². The lowest BCUT2D eigenvalue weighted by molar-refractivity contribution is 0.257. The Bertz CT molecular complexity index is 391. The summed E-state index contributed by atoms with van der Waals surface area (Å²) in [7, 11) is 0. The molecule has 0 spiro atoms. The van der Waals surface area contributed by atoms with Crippen LogP contribution in [0.25, 0.3) is 0 Å². The minimum atomic E-state index is -0.439. The van der Waals surface area contributed by atoms with Gasteiger partial charge in [-0.15, -0.1) is 0 Å².